The van der Waals surface area contributed by atoms with Gasteiger partial charge < -0.3 is 0 Å². The average Bonchev–Trinajstić information content (AvgIpc) is 3.38. The van der Waals surface area contributed by atoms with Gasteiger partial charge in [0.15, 0.2) is 0 Å². The molecule has 0 atom stereocenters. The van der Waals surface area contributed by atoms with Gasteiger partial charge in [0.05, 0.1) is 0 Å². The zero-order valence-electron chi connectivity index (χ0n) is 27.7. The van der Waals surface area contributed by atoms with E-state index < -0.39 is 0 Å². The Morgan fingerprint density at radius 2 is 0.796 bits per heavy atom. The fourth-order valence-electron chi connectivity index (χ4n) is 8.72. The molecule has 1 aliphatic rings. The molecule has 0 saturated carbocycles. The minimum absolute atomic E-state index is 0.0394. The molecule has 1 aliphatic carbocycles. The molecule has 0 aromatic heterocycles. The van der Waals surface area contributed by atoms with Crippen LogP contribution in [0.4, 0.5) is 0 Å². The van der Waals surface area contributed by atoms with E-state index in [9.17, 15) is 0 Å². The van der Waals surface area contributed by atoms with Crippen LogP contribution in [0, 0.1) is 0 Å². The molecule has 0 saturated heterocycles. The lowest BCUT2D eigenvalue weighted by Crippen LogP contribution is -2.14. The minimum atomic E-state index is -0.0394. The van der Waals surface area contributed by atoms with Crippen molar-refractivity contribution in [3.63, 3.8) is 0 Å². The molecule has 49 heavy (non-hydrogen) atoms. The van der Waals surface area contributed by atoms with E-state index in [1.807, 2.05) is 0 Å². The average molecular weight is 623 g/mol. The maximum absolute atomic E-state index is 2.44. The highest BCUT2D eigenvalue weighted by Gasteiger charge is 2.35. The van der Waals surface area contributed by atoms with E-state index >= 15 is 0 Å². The van der Waals surface area contributed by atoms with E-state index in [4.69, 9.17) is 0 Å². The lowest BCUT2D eigenvalue weighted by molar-refractivity contribution is 0.660. The first kappa shape index (κ1) is 28.1. The van der Waals surface area contributed by atoms with Crippen molar-refractivity contribution < 1.29 is 0 Å². The summed E-state index contributed by atoms with van der Waals surface area (Å²) in [5, 5.41) is 10.2. The SMILES string of the molecule is CC1(C)c2ccccc2-c2ccc(-c3ccc(-c4c5ccccc5c(-c5ccc6ccccc6c5)c5ccccc45)c4ccccc34)cc21. The van der Waals surface area contributed by atoms with Crippen LogP contribution in [0.1, 0.15) is 25.0 Å². The Morgan fingerprint density at radius 3 is 1.51 bits per heavy atom. The van der Waals surface area contributed by atoms with Gasteiger partial charge in [-0.25, -0.2) is 0 Å². The van der Waals surface area contributed by atoms with Crippen LogP contribution in [0.5, 0.6) is 0 Å². The van der Waals surface area contributed by atoms with Gasteiger partial charge in [0.1, 0.15) is 0 Å². The van der Waals surface area contributed by atoms with Crippen LogP contribution >= 0.6 is 0 Å². The first-order valence-electron chi connectivity index (χ1n) is 17.3. The van der Waals surface area contributed by atoms with E-state index in [2.05, 4.69) is 184 Å². The Hall–Kier alpha value is -5.98. The van der Waals surface area contributed by atoms with Crippen LogP contribution in [0.25, 0.3) is 87.6 Å². The molecule has 9 aromatic rings. The summed E-state index contributed by atoms with van der Waals surface area (Å²) in [5.74, 6) is 0. The van der Waals surface area contributed by atoms with Gasteiger partial charge >= 0.3 is 0 Å². The molecule has 0 radical (unpaired) electrons. The van der Waals surface area contributed by atoms with E-state index in [0.29, 0.717) is 0 Å². The van der Waals surface area contributed by atoms with Gasteiger partial charge in [-0.1, -0.05) is 172 Å². The molecule has 0 fully saturated rings. The van der Waals surface area contributed by atoms with Gasteiger partial charge in [-0.3, -0.25) is 0 Å². The molecule has 0 N–H and O–H groups in total. The third-order valence-corrected chi connectivity index (χ3v) is 11.1. The second-order valence-corrected chi connectivity index (χ2v) is 14.0. The van der Waals surface area contributed by atoms with Crippen molar-refractivity contribution in [2.24, 2.45) is 0 Å². The highest BCUT2D eigenvalue weighted by molar-refractivity contribution is 6.24. The van der Waals surface area contributed by atoms with Crippen LogP contribution in [0.2, 0.25) is 0 Å². The highest BCUT2D eigenvalue weighted by atomic mass is 14.4. The minimum Gasteiger partial charge on any atom is -0.0619 e. The van der Waals surface area contributed by atoms with Gasteiger partial charge in [0.25, 0.3) is 0 Å². The first-order chi connectivity index (χ1) is 24.1. The maximum Gasteiger partial charge on any atom is 0.0159 e. The molecule has 0 heterocycles. The van der Waals surface area contributed by atoms with E-state index in [1.54, 1.807) is 0 Å². The van der Waals surface area contributed by atoms with E-state index in [-0.39, 0.29) is 5.41 Å². The van der Waals surface area contributed by atoms with Gasteiger partial charge in [-0.05, 0) is 111 Å². The van der Waals surface area contributed by atoms with Crippen molar-refractivity contribution in [2.45, 2.75) is 19.3 Å². The second-order valence-electron chi connectivity index (χ2n) is 14.0. The molecular weight excluding hydrogens is 589 g/mol. The summed E-state index contributed by atoms with van der Waals surface area (Å²) >= 11 is 0. The lowest BCUT2D eigenvalue weighted by Gasteiger charge is -2.22. The van der Waals surface area contributed by atoms with Gasteiger partial charge in [-0.2, -0.15) is 0 Å². The van der Waals surface area contributed by atoms with Crippen molar-refractivity contribution in [3.8, 4) is 44.5 Å². The molecule has 0 amide bonds. The number of hydrogen-bond acceptors (Lipinski definition) is 0. The predicted molar refractivity (Wildman–Crippen MR) is 210 cm³/mol. The fourth-order valence-corrected chi connectivity index (χ4v) is 8.72. The molecule has 230 valence electrons. The zero-order chi connectivity index (χ0) is 32.7. The van der Waals surface area contributed by atoms with Gasteiger partial charge in [0.2, 0.25) is 0 Å². The first-order valence-corrected chi connectivity index (χ1v) is 17.3. The Bertz CT molecular complexity index is 2740. The summed E-state index contributed by atoms with van der Waals surface area (Å²) in [6.07, 6.45) is 0. The molecule has 0 nitrogen and oxygen atoms in total. The van der Waals surface area contributed by atoms with E-state index in [1.165, 1.54) is 98.7 Å². The Morgan fingerprint density at radius 1 is 0.306 bits per heavy atom. The van der Waals surface area contributed by atoms with Crippen LogP contribution in [-0.4, -0.2) is 0 Å². The molecule has 10 rings (SSSR count). The van der Waals surface area contributed by atoms with Gasteiger partial charge in [-0.15, -0.1) is 0 Å². The van der Waals surface area contributed by atoms with Crippen LogP contribution in [0.15, 0.2) is 170 Å². The largest absolute Gasteiger partial charge is 0.0619 e. The Kier molecular flexibility index (Phi) is 6.02. The summed E-state index contributed by atoms with van der Waals surface area (Å²) in [6.45, 7) is 4.72. The van der Waals surface area contributed by atoms with Crippen molar-refractivity contribution >= 4 is 43.1 Å². The van der Waals surface area contributed by atoms with Crippen molar-refractivity contribution in [1.82, 2.24) is 0 Å². The Balaban J connectivity index is 1.22. The quantitative estimate of drug-likeness (QED) is 0.172. The summed E-state index contributed by atoms with van der Waals surface area (Å²) < 4.78 is 0. The molecule has 0 heteroatoms. The molecule has 0 unspecified atom stereocenters. The summed E-state index contributed by atoms with van der Waals surface area (Å²) in [4.78, 5) is 0. The molecule has 0 aliphatic heterocycles. The fraction of sp³-hybridized carbons (Fsp3) is 0.0612. The number of rotatable bonds is 3. The summed E-state index contributed by atoms with van der Waals surface area (Å²) in [6, 6.07) is 63.2. The standard InChI is InChI=1S/C49H34/c1-49(2)45-22-12-11-17-38(45)39-26-25-33(30-46(39)49)35-27-28-44(37-16-6-5-15-36(35)37)48-42-20-9-7-18-40(42)47(41-19-8-10-21-43(41)48)34-24-23-31-13-3-4-14-32(31)29-34/h3-30H,1-2H3. The molecular formula is C49H34. The van der Waals surface area contributed by atoms with Crippen molar-refractivity contribution in [1.29, 1.82) is 0 Å². The molecule has 9 aromatic carbocycles. The molecule has 0 spiro atoms. The van der Waals surface area contributed by atoms with E-state index in [0.717, 1.165) is 0 Å². The van der Waals surface area contributed by atoms with Crippen LogP contribution in [-0.2, 0) is 5.41 Å². The third kappa shape index (κ3) is 4.11. The number of hydrogen-bond donors (Lipinski definition) is 0. The molecule has 0 bridgehead atoms. The Labute approximate surface area is 286 Å². The second kappa shape index (κ2) is 10.5. The highest BCUT2D eigenvalue weighted by Crippen LogP contribution is 2.51. The third-order valence-electron chi connectivity index (χ3n) is 11.1. The number of benzene rings is 9. The smallest absolute Gasteiger partial charge is 0.0159 e. The summed E-state index contributed by atoms with van der Waals surface area (Å²) in [7, 11) is 0. The predicted octanol–water partition coefficient (Wildman–Crippen LogP) is 13.6. The van der Waals surface area contributed by atoms with Crippen LogP contribution < -0.4 is 0 Å². The number of fused-ring (bicyclic) bond motifs is 7. The van der Waals surface area contributed by atoms with Gasteiger partial charge in [0, 0.05) is 5.41 Å². The normalized spacial score (nSPS) is 13.3. The van der Waals surface area contributed by atoms with Crippen molar-refractivity contribution in [3.05, 3.63) is 181 Å². The van der Waals surface area contributed by atoms with Crippen molar-refractivity contribution in [2.75, 3.05) is 0 Å². The zero-order valence-corrected chi connectivity index (χ0v) is 27.7. The van der Waals surface area contributed by atoms with Crippen LogP contribution in [0.3, 0.4) is 0 Å². The summed E-state index contributed by atoms with van der Waals surface area (Å²) in [5.41, 5.74) is 13.1. The monoisotopic (exact) mass is 622 g/mol. The lowest BCUT2D eigenvalue weighted by atomic mass is 9.81. The topological polar surface area (TPSA) is 0 Å². The maximum atomic E-state index is 2.44.